The second kappa shape index (κ2) is 12.3. The van der Waals surface area contributed by atoms with Gasteiger partial charge < -0.3 is 15.0 Å². The summed E-state index contributed by atoms with van der Waals surface area (Å²) < 4.78 is 48.1. The van der Waals surface area contributed by atoms with Crippen molar-refractivity contribution >= 4 is 33.3 Å². The number of ether oxygens (including phenoxy) is 1. The van der Waals surface area contributed by atoms with Crippen molar-refractivity contribution in [2.24, 2.45) is 0 Å². The van der Waals surface area contributed by atoms with Crippen molar-refractivity contribution in [2.75, 3.05) is 31.2 Å². The molecule has 8 nitrogen and oxygen atoms in total. The quantitative estimate of drug-likeness (QED) is 0.353. The third-order valence-electron chi connectivity index (χ3n) is 6.89. The van der Waals surface area contributed by atoms with Crippen molar-refractivity contribution in [3.63, 3.8) is 0 Å². The normalized spacial score (nSPS) is 17.8. The molecule has 38 heavy (non-hydrogen) atoms. The van der Waals surface area contributed by atoms with Gasteiger partial charge in [-0.2, -0.15) is 0 Å². The van der Waals surface area contributed by atoms with Crippen LogP contribution in [-0.4, -0.2) is 56.6 Å². The average Bonchev–Trinajstić information content (AvgIpc) is 2.90. The number of hydrogen-bond acceptors (Lipinski definition) is 7. The summed E-state index contributed by atoms with van der Waals surface area (Å²) in [6, 6.07) is 9.60. The Morgan fingerprint density at radius 2 is 1.76 bits per heavy atom. The molecule has 1 fully saturated rings. The van der Waals surface area contributed by atoms with Gasteiger partial charge in [-0.25, -0.2) is 22.8 Å². The predicted molar refractivity (Wildman–Crippen MR) is 148 cm³/mol. The Balaban J connectivity index is 1.38. The maximum absolute atomic E-state index is 14.9. The van der Waals surface area contributed by atoms with Gasteiger partial charge in [-0.3, -0.25) is 4.72 Å². The Bertz CT molecular complexity index is 1350. The van der Waals surface area contributed by atoms with Crippen molar-refractivity contribution < 1.29 is 17.5 Å². The van der Waals surface area contributed by atoms with Crippen LogP contribution in [-0.2, 0) is 22.9 Å². The van der Waals surface area contributed by atoms with E-state index in [1.54, 1.807) is 24.5 Å². The van der Waals surface area contributed by atoms with Gasteiger partial charge in [0.05, 0.1) is 17.8 Å². The summed E-state index contributed by atoms with van der Waals surface area (Å²) in [7, 11) is 1.63. The molecule has 1 aliphatic carbocycles. The zero-order valence-corrected chi connectivity index (χ0v) is 23.3. The van der Waals surface area contributed by atoms with Crippen LogP contribution in [0.15, 0.2) is 53.7 Å². The van der Waals surface area contributed by atoms with E-state index in [9.17, 15) is 12.8 Å². The first-order valence-corrected chi connectivity index (χ1v) is 14.4. The average molecular weight is 562 g/mol. The minimum Gasteiger partial charge on any atom is -0.496 e. The highest BCUT2D eigenvalue weighted by atomic mass is 35.5. The fourth-order valence-electron chi connectivity index (χ4n) is 4.68. The highest BCUT2D eigenvalue weighted by molar-refractivity contribution is 7.92. The van der Waals surface area contributed by atoms with E-state index in [4.69, 9.17) is 16.3 Å². The van der Waals surface area contributed by atoms with E-state index in [0.29, 0.717) is 42.2 Å². The highest BCUT2D eigenvalue weighted by Gasteiger charge is 2.23. The summed E-state index contributed by atoms with van der Waals surface area (Å²) in [5, 5.41) is 3.48. The molecule has 0 bridgehead atoms. The van der Waals surface area contributed by atoms with E-state index >= 15 is 0 Å². The zero-order chi connectivity index (χ0) is 27.3. The Morgan fingerprint density at radius 3 is 2.39 bits per heavy atom. The molecule has 0 aliphatic heterocycles. The Kier molecular flexibility index (Phi) is 9.07. The summed E-state index contributed by atoms with van der Waals surface area (Å²) in [5.74, 6) is 0.271. The van der Waals surface area contributed by atoms with Crippen molar-refractivity contribution in [1.82, 2.24) is 14.9 Å². The Labute approximate surface area is 228 Å². The standard InChI is InChI=1S/C27H33ClFN5O3S/c1-34(2)21-12-10-20(11-13-21)32-27-30-16-18(17-31-27)8-9-19-14-23(29)24(15-25(19)37-3)33-38(35,36)26-7-5-4-6-22(26)28/h4-7,14-17,20-21,33H,8-13H2,1-3H3,(H,30,31,32)/t20-,21-. The van der Waals surface area contributed by atoms with Gasteiger partial charge in [0.25, 0.3) is 10.0 Å². The third kappa shape index (κ3) is 6.92. The lowest BCUT2D eigenvalue weighted by atomic mass is 9.91. The zero-order valence-electron chi connectivity index (χ0n) is 21.7. The van der Waals surface area contributed by atoms with E-state index in [-0.39, 0.29) is 15.6 Å². The maximum atomic E-state index is 14.9. The number of nitrogens with zero attached hydrogens (tertiary/aromatic N) is 3. The summed E-state index contributed by atoms with van der Waals surface area (Å²) in [6.07, 6.45) is 9.05. The lowest BCUT2D eigenvalue weighted by Gasteiger charge is -2.32. The van der Waals surface area contributed by atoms with Gasteiger partial charge in [0.2, 0.25) is 5.95 Å². The molecule has 2 aromatic carbocycles. The van der Waals surface area contributed by atoms with Crippen molar-refractivity contribution in [3.8, 4) is 5.75 Å². The molecule has 0 unspecified atom stereocenters. The molecule has 1 saturated carbocycles. The van der Waals surface area contributed by atoms with Crippen LogP contribution in [0.2, 0.25) is 5.02 Å². The van der Waals surface area contributed by atoms with Crippen LogP contribution in [0.4, 0.5) is 16.0 Å². The van der Waals surface area contributed by atoms with Gasteiger partial charge in [-0.15, -0.1) is 0 Å². The smallest absolute Gasteiger partial charge is 0.263 e. The molecular weight excluding hydrogens is 529 g/mol. The summed E-state index contributed by atoms with van der Waals surface area (Å²) in [5.41, 5.74) is 1.28. The number of halogens is 2. The minimum atomic E-state index is -4.08. The molecule has 204 valence electrons. The molecule has 0 spiro atoms. The van der Waals surface area contributed by atoms with E-state index in [0.717, 1.165) is 31.2 Å². The minimum absolute atomic E-state index is 0.0455. The van der Waals surface area contributed by atoms with Crippen LogP contribution < -0.4 is 14.8 Å². The molecule has 1 heterocycles. The largest absolute Gasteiger partial charge is 0.496 e. The number of hydrogen-bond donors (Lipinski definition) is 2. The van der Waals surface area contributed by atoms with E-state index < -0.39 is 15.8 Å². The van der Waals surface area contributed by atoms with Crippen molar-refractivity contribution in [2.45, 2.75) is 55.5 Å². The number of sulfonamides is 1. The van der Waals surface area contributed by atoms with Gasteiger partial charge in [0, 0.05) is 30.5 Å². The number of aromatic nitrogens is 2. The second-order valence-electron chi connectivity index (χ2n) is 9.71. The monoisotopic (exact) mass is 561 g/mol. The lowest BCUT2D eigenvalue weighted by Crippen LogP contribution is -2.36. The van der Waals surface area contributed by atoms with Crippen LogP contribution in [0.3, 0.4) is 0 Å². The van der Waals surface area contributed by atoms with Gasteiger partial charge in [-0.05, 0) is 81.9 Å². The fourth-order valence-corrected chi connectivity index (χ4v) is 6.26. The summed E-state index contributed by atoms with van der Waals surface area (Å²) in [4.78, 5) is 11.1. The Morgan fingerprint density at radius 1 is 1.08 bits per heavy atom. The highest BCUT2D eigenvalue weighted by Crippen LogP contribution is 2.31. The van der Waals surface area contributed by atoms with Gasteiger partial charge in [0.1, 0.15) is 16.5 Å². The molecule has 3 aromatic rings. The molecule has 0 amide bonds. The van der Waals surface area contributed by atoms with Crippen molar-refractivity contribution in [1.29, 1.82) is 0 Å². The topological polar surface area (TPSA) is 96.4 Å². The van der Waals surface area contributed by atoms with E-state index in [1.807, 2.05) is 0 Å². The number of anilines is 2. The number of methoxy groups -OCH3 is 1. The molecule has 0 saturated heterocycles. The number of rotatable bonds is 10. The van der Waals surface area contributed by atoms with Gasteiger partial charge in [0.15, 0.2) is 0 Å². The van der Waals surface area contributed by atoms with E-state index in [2.05, 4.69) is 39.0 Å². The molecule has 4 rings (SSSR count). The first-order valence-electron chi connectivity index (χ1n) is 12.5. The lowest BCUT2D eigenvalue weighted by molar-refractivity contribution is 0.221. The van der Waals surface area contributed by atoms with Crippen LogP contribution in [0.1, 0.15) is 36.8 Å². The first-order chi connectivity index (χ1) is 18.2. The fraction of sp³-hybridized carbons (Fsp3) is 0.407. The molecule has 1 aromatic heterocycles. The summed E-state index contributed by atoms with van der Waals surface area (Å²) >= 11 is 6.02. The first kappa shape index (κ1) is 28.1. The maximum Gasteiger partial charge on any atom is 0.263 e. The Hall–Kier alpha value is -2.95. The molecule has 2 N–H and O–H groups in total. The van der Waals surface area contributed by atoms with Crippen molar-refractivity contribution in [3.05, 3.63) is 70.8 Å². The second-order valence-corrected chi connectivity index (χ2v) is 11.8. The number of benzene rings is 2. The molecule has 0 atom stereocenters. The van der Waals surface area contributed by atoms with Crippen LogP contribution in [0.25, 0.3) is 0 Å². The van der Waals surface area contributed by atoms with Gasteiger partial charge in [-0.1, -0.05) is 23.7 Å². The number of nitrogens with one attached hydrogen (secondary N) is 2. The summed E-state index contributed by atoms with van der Waals surface area (Å²) in [6.45, 7) is 0. The van der Waals surface area contributed by atoms with Crippen LogP contribution in [0, 0.1) is 5.82 Å². The molecule has 11 heteroatoms. The predicted octanol–water partition coefficient (Wildman–Crippen LogP) is 5.15. The molecule has 1 aliphatic rings. The number of aryl methyl sites for hydroxylation is 2. The SMILES string of the molecule is COc1cc(NS(=O)(=O)c2ccccc2Cl)c(F)cc1CCc1cnc(N[C@H]2CC[C@H](N(C)C)CC2)nc1. The van der Waals surface area contributed by atoms with Crippen LogP contribution >= 0.6 is 11.6 Å². The molecular formula is C27H33ClFN5O3S. The van der Waals surface area contributed by atoms with E-state index in [1.165, 1.54) is 31.4 Å². The van der Waals surface area contributed by atoms with Gasteiger partial charge >= 0.3 is 0 Å². The molecule has 0 radical (unpaired) electrons. The van der Waals surface area contributed by atoms with Crippen LogP contribution in [0.5, 0.6) is 5.75 Å². The third-order valence-corrected chi connectivity index (χ3v) is 8.75.